The first-order valence-corrected chi connectivity index (χ1v) is 6.44. The molecule has 0 saturated heterocycles. The molecule has 8 heteroatoms. The monoisotopic (exact) mass is 308 g/mol. The molecule has 1 aromatic heterocycles. The van der Waals surface area contributed by atoms with Crippen LogP contribution in [0.2, 0.25) is 5.02 Å². The largest absolute Gasteiger partial charge is 0.478 e. The first-order valence-electron chi connectivity index (χ1n) is 6.06. The van der Waals surface area contributed by atoms with Crippen molar-refractivity contribution in [1.29, 1.82) is 0 Å². The van der Waals surface area contributed by atoms with Crippen LogP contribution >= 0.6 is 11.6 Å². The Morgan fingerprint density at radius 3 is 2.81 bits per heavy atom. The van der Waals surface area contributed by atoms with Crippen molar-refractivity contribution >= 4 is 29.3 Å². The average Bonchev–Trinajstić information content (AvgIpc) is 2.94. The Bertz CT molecular complexity index is 657. The number of urea groups is 1. The molecular formula is C13H13ClN4O3. The van der Waals surface area contributed by atoms with E-state index in [-0.39, 0.29) is 22.3 Å². The quantitative estimate of drug-likeness (QED) is 0.696. The fraction of sp³-hybridized carbons (Fsp3) is 0.154. The Kier molecular flexibility index (Phi) is 4.44. The fourth-order valence-corrected chi connectivity index (χ4v) is 1.91. The minimum Gasteiger partial charge on any atom is -0.478 e. The molecule has 2 aromatic rings. The Hall–Kier alpha value is -2.54. The average molecular weight is 309 g/mol. The molecule has 0 saturated carbocycles. The summed E-state index contributed by atoms with van der Waals surface area (Å²) in [5.41, 5.74) is 0.900. The highest BCUT2D eigenvalue weighted by Crippen LogP contribution is 2.21. The lowest BCUT2D eigenvalue weighted by atomic mass is 10.2. The van der Waals surface area contributed by atoms with E-state index in [4.69, 9.17) is 16.7 Å². The second-order valence-electron chi connectivity index (χ2n) is 4.35. The third-order valence-electron chi connectivity index (χ3n) is 2.83. The maximum Gasteiger partial charge on any atom is 0.337 e. The topological polar surface area (TPSA) is 107 Å². The summed E-state index contributed by atoms with van der Waals surface area (Å²) in [5.74, 6) is -1.17. The van der Waals surface area contributed by atoms with Gasteiger partial charge in [0.25, 0.3) is 0 Å². The molecule has 0 bridgehead atoms. The highest BCUT2D eigenvalue weighted by Gasteiger charge is 2.15. The zero-order chi connectivity index (χ0) is 15.4. The molecule has 0 spiro atoms. The van der Waals surface area contributed by atoms with E-state index < -0.39 is 12.0 Å². The van der Waals surface area contributed by atoms with Crippen LogP contribution in [-0.2, 0) is 0 Å². The number of hydrogen-bond donors (Lipinski definition) is 4. The Morgan fingerprint density at radius 1 is 1.43 bits per heavy atom. The van der Waals surface area contributed by atoms with Crippen LogP contribution in [0.3, 0.4) is 0 Å². The van der Waals surface area contributed by atoms with Gasteiger partial charge in [-0.05, 0) is 25.1 Å². The van der Waals surface area contributed by atoms with Crippen LogP contribution in [0.25, 0.3) is 0 Å². The van der Waals surface area contributed by atoms with Crippen LogP contribution < -0.4 is 10.6 Å². The third kappa shape index (κ3) is 3.73. The van der Waals surface area contributed by atoms with Gasteiger partial charge in [0.2, 0.25) is 0 Å². The number of H-pyrrole nitrogens is 1. The van der Waals surface area contributed by atoms with Crippen LogP contribution in [0.15, 0.2) is 30.6 Å². The van der Waals surface area contributed by atoms with E-state index in [1.54, 1.807) is 19.3 Å². The van der Waals surface area contributed by atoms with Gasteiger partial charge in [-0.3, -0.25) is 5.10 Å². The van der Waals surface area contributed by atoms with Gasteiger partial charge in [0.15, 0.2) is 0 Å². The number of halogens is 1. The summed E-state index contributed by atoms with van der Waals surface area (Å²) in [4.78, 5) is 23.0. The zero-order valence-corrected chi connectivity index (χ0v) is 11.8. The van der Waals surface area contributed by atoms with Gasteiger partial charge in [-0.2, -0.15) is 5.10 Å². The number of anilines is 1. The number of aromatic carboxylic acids is 1. The van der Waals surface area contributed by atoms with Crippen molar-refractivity contribution in [1.82, 2.24) is 15.5 Å². The Labute approximate surface area is 125 Å². The van der Waals surface area contributed by atoms with Crippen molar-refractivity contribution in [3.8, 4) is 0 Å². The molecule has 2 amide bonds. The molecule has 0 aliphatic rings. The van der Waals surface area contributed by atoms with Gasteiger partial charge >= 0.3 is 12.0 Å². The van der Waals surface area contributed by atoms with E-state index >= 15 is 0 Å². The molecule has 0 radical (unpaired) electrons. The smallest absolute Gasteiger partial charge is 0.337 e. The molecule has 1 aromatic carbocycles. The van der Waals surface area contributed by atoms with E-state index in [2.05, 4.69) is 20.8 Å². The van der Waals surface area contributed by atoms with E-state index in [0.29, 0.717) is 0 Å². The molecule has 4 N–H and O–H groups in total. The number of hydrogen-bond acceptors (Lipinski definition) is 3. The number of benzene rings is 1. The van der Waals surface area contributed by atoms with Crippen LogP contribution in [0.5, 0.6) is 0 Å². The highest BCUT2D eigenvalue weighted by atomic mass is 35.5. The van der Waals surface area contributed by atoms with Gasteiger partial charge in [-0.15, -0.1) is 0 Å². The minimum atomic E-state index is -1.17. The van der Waals surface area contributed by atoms with Gasteiger partial charge < -0.3 is 15.7 Å². The fourth-order valence-electron chi connectivity index (χ4n) is 1.74. The molecule has 2 rings (SSSR count). The normalized spacial score (nSPS) is 11.7. The number of carbonyl (C=O) groups is 2. The standard InChI is InChI=1S/C13H13ClN4O3/c1-7(8-5-15-16-6-8)17-13(21)18-11-3-2-9(14)4-10(11)12(19)20/h2-7H,1H3,(H,15,16)(H,19,20)(H2,17,18,21). The van der Waals surface area contributed by atoms with Gasteiger partial charge in [0.1, 0.15) is 0 Å². The second-order valence-corrected chi connectivity index (χ2v) is 4.78. The van der Waals surface area contributed by atoms with Gasteiger partial charge in [-0.25, -0.2) is 9.59 Å². The predicted octanol–water partition coefficient (Wildman–Crippen LogP) is 2.64. The number of carbonyl (C=O) groups excluding carboxylic acids is 1. The maximum absolute atomic E-state index is 11.9. The van der Waals surface area contributed by atoms with Gasteiger partial charge in [-0.1, -0.05) is 11.6 Å². The lowest BCUT2D eigenvalue weighted by molar-refractivity contribution is 0.0698. The molecule has 1 unspecified atom stereocenters. The summed E-state index contributed by atoms with van der Waals surface area (Å²) in [6, 6.07) is 3.42. The predicted molar refractivity (Wildman–Crippen MR) is 77.6 cm³/mol. The molecule has 7 nitrogen and oxygen atoms in total. The number of aromatic nitrogens is 2. The van der Waals surface area contributed by atoms with Crippen molar-refractivity contribution < 1.29 is 14.7 Å². The minimum absolute atomic E-state index is 0.0754. The van der Waals surface area contributed by atoms with E-state index in [1.807, 2.05) is 0 Å². The summed E-state index contributed by atoms with van der Waals surface area (Å²) < 4.78 is 0. The number of carboxylic acids is 1. The number of nitrogens with one attached hydrogen (secondary N) is 3. The van der Waals surface area contributed by atoms with Crippen molar-refractivity contribution in [2.45, 2.75) is 13.0 Å². The molecule has 110 valence electrons. The SMILES string of the molecule is CC(NC(=O)Nc1ccc(Cl)cc1C(=O)O)c1cn[nH]c1. The van der Waals surface area contributed by atoms with Gasteiger partial charge in [0, 0.05) is 16.8 Å². The molecule has 21 heavy (non-hydrogen) atoms. The van der Waals surface area contributed by atoms with Gasteiger partial charge in [0.05, 0.1) is 23.5 Å². The molecule has 1 heterocycles. The summed E-state index contributed by atoms with van der Waals surface area (Å²) >= 11 is 5.75. The van der Waals surface area contributed by atoms with Crippen molar-refractivity contribution in [2.24, 2.45) is 0 Å². The summed E-state index contributed by atoms with van der Waals surface area (Å²) in [6.45, 7) is 1.78. The third-order valence-corrected chi connectivity index (χ3v) is 3.06. The molecule has 1 atom stereocenters. The van der Waals surface area contributed by atoms with E-state index in [9.17, 15) is 9.59 Å². The molecule has 0 aliphatic carbocycles. The molecular weight excluding hydrogens is 296 g/mol. The molecule has 0 aliphatic heterocycles. The molecule has 0 fully saturated rings. The summed E-state index contributed by atoms with van der Waals surface area (Å²) in [6.07, 6.45) is 3.26. The number of aromatic amines is 1. The van der Waals surface area contributed by atoms with Crippen LogP contribution in [0, 0.1) is 0 Å². The number of amides is 2. The Morgan fingerprint density at radius 2 is 2.19 bits per heavy atom. The highest BCUT2D eigenvalue weighted by molar-refractivity contribution is 6.31. The number of carboxylic acid groups (broad SMARTS) is 1. The maximum atomic E-state index is 11.9. The summed E-state index contributed by atoms with van der Waals surface area (Å²) in [7, 11) is 0. The van der Waals surface area contributed by atoms with Crippen LogP contribution in [0.4, 0.5) is 10.5 Å². The zero-order valence-electron chi connectivity index (χ0n) is 11.1. The summed E-state index contributed by atoms with van der Waals surface area (Å²) in [5, 5.41) is 21.0. The second kappa shape index (κ2) is 6.27. The first kappa shape index (κ1) is 14.9. The first-order chi connectivity index (χ1) is 9.97. The van der Waals surface area contributed by atoms with Crippen LogP contribution in [-0.4, -0.2) is 27.3 Å². The van der Waals surface area contributed by atoms with E-state index in [0.717, 1.165) is 5.56 Å². The lowest BCUT2D eigenvalue weighted by Gasteiger charge is -2.14. The lowest BCUT2D eigenvalue weighted by Crippen LogP contribution is -2.31. The number of rotatable bonds is 4. The number of nitrogens with zero attached hydrogens (tertiary/aromatic N) is 1. The van der Waals surface area contributed by atoms with Crippen molar-refractivity contribution in [3.05, 3.63) is 46.7 Å². The van der Waals surface area contributed by atoms with Crippen molar-refractivity contribution in [3.63, 3.8) is 0 Å². The van der Waals surface area contributed by atoms with Crippen molar-refractivity contribution in [2.75, 3.05) is 5.32 Å². The van der Waals surface area contributed by atoms with Crippen LogP contribution in [0.1, 0.15) is 28.9 Å². The van der Waals surface area contributed by atoms with E-state index in [1.165, 1.54) is 18.2 Å². The Balaban J connectivity index is 2.08.